The normalized spacial score (nSPS) is 14.3. The average molecular weight is 360 g/mol. The van der Waals surface area contributed by atoms with Crippen molar-refractivity contribution in [3.8, 4) is 11.5 Å². The molecule has 0 fully saturated rings. The van der Waals surface area contributed by atoms with Gasteiger partial charge in [-0.3, -0.25) is 4.79 Å². The number of rotatable bonds is 4. The van der Waals surface area contributed by atoms with Crippen molar-refractivity contribution in [3.05, 3.63) is 88.1 Å². The van der Waals surface area contributed by atoms with Crippen molar-refractivity contribution >= 4 is 11.9 Å². The Morgan fingerprint density at radius 3 is 2.56 bits per heavy atom. The zero-order chi connectivity index (χ0) is 19.0. The Morgan fingerprint density at radius 2 is 1.81 bits per heavy atom. The highest BCUT2D eigenvalue weighted by Crippen LogP contribution is 2.37. The van der Waals surface area contributed by atoms with Crippen LogP contribution in [0.5, 0.6) is 11.5 Å². The maximum absolute atomic E-state index is 12.7. The topological polar surface area (TPSA) is 48.7 Å². The van der Waals surface area contributed by atoms with E-state index in [-0.39, 0.29) is 11.5 Å². The number of hydrogen-bond donors (Lipinski definition) is 0. The minimum absolute atomic E-state index is 0.137. The lowest BCUT2D eigenvalue weighted by Crippen LogP contribution is -2.00. The number of ether oxygens (including phenoxy) is 2. The van der Waals surface area contributed by atoms with E-state index in [2.05, 4.69) is 13.0 Å². The molecule has 4 heteroatoms. The van der Waals surface area contributed by atoms with E-state index in [4.69, 9.17) is 13.9 Å². The minimum Gasteiger partial charge on any atom is -0.489 e. The second-order valence-corrected chi connectivity index (χ2v) is 6.72. The molecule has 0 bridgehead atoms. The number of benzene rings is 2. The molecule has 1 aromatic heterocycles. The Bertz CT molecular complexity index is 1060. The molecule has 0 saturated heterocycles. The number of allylic oxidation sites excluding steroid dienone is 1. The Labute approximate surface area is 158 Å². The van der Waals surface area contributed by atoms with Crippen LogP contribution in [-0.4, -0.2) is 5.78 Å². The van der Waals surface area contributed by atoms with Crippen LogP contribution in [0.25, 0.3) is 6.08 Å². The summed E-state index contributed by atoms with van der Waals surface area (Å²) in [5.74, 6) is 2.71. The van der Waals surface area contributed by atoms with Crippen molar-refractivity contribution in [3.63, 3.8) is 0 Å². The third kappa shape index (κ3) is 3.38. The first-order valence-corrected chi connectivity index (χ1v) is 8.84. The number of furan rings is 1. The second-order valence-electron chi connectivity index (χ2n) is 6.72. The summed E-state index contributed by atoms with van der Waals surface area (Å²) in [7, 11) is 0. The Morgan fingerprint density at radius 1 is 1.00 bits per heavy atom. The van der Waals surface area contributed by atoms with Crippen LogP contribution in [0.3, 0.4) is 0 Å². The SMILES string of the molecule is Cc1ccc(/C=C2\Oc3cc(OCc4ccccc4C)cc(C)c3C2=O)o1. The fourth-order valence-corrected chi connectivity index (χ4v) is 3.15. The van der Waals surface area contributed by atoms with Gasteiger partial charge < -0.3 is 13.9 Å². The summed E-state index contributed by atoms with van der Waals surface area (Å²) in [6.45, 7) is 6.27. The molecule has 1 aliphatic rings. The molecule has 3 aromatic rings. The summed E-state index contributed by atoms with van der Waals surface area (Å²) in [4.78, 5) is 12.7. The summed E-state index contributed by atoms with van der Waals surface area (Å²) in [6.07, 6.45) is 1.63. The van der Waals surface area contributed by atoms with Gasteiger partial charge in [-0.2, -0.15) is 0 Å². The number of hydrogen-bond acceptors (Lipinski definition) is 4. The van der Waals surface area contributed by atoms with E-state index in [1.165, 1.54) is 5.56 Å². The van der Waals surface area contributed by atoms with Crippen molar-refractivity contribution in [2.75, 3.05) is 0 Å². The molecule has 4 rings (SSSR count). The van der Waals surface area contributed by atoms with Gasteiger partial charge >= 0.3 is 0 Å². The number of Topliss-reactive ketones (excluding diaryl/α,β-unsaturated/α-hetero) is 1. The summed E-state index contributed by atoms with van der Waals surface area (Å²) in [6, 6.07) is 15.4. The molecule has 0 radical (unpaired) electrons. The quantitative estimate of drug-likeness (QED) is 0.585. The molecule has 136 valence electrons. The predicted molar refractivity (Wildman–Crippen MR) is 103 cm³/mol. The zero-order valence-electron chi connectivity index (χ0n) is 15.5. The number of ketones is 1. The van der Waals surface area contributed by atoms with Gasteiger partial charge in [0.2, 0.25) is 5.78 Å². The van der Waals surface area contributed by atoms with Gasteiger partial charge in [0.05, 0.1) is 5.56 Å². The molecule has 0 aliphatic carbocycles. The molecule has 0 amide bonds. The molecule has 0 saturated carbocycles. The van der Waals surface area contributed by atoms with Gasteiger partial charge in [-0.15, -0.1) is 0 Å². The molecule has 0 unspecified atom stereocenters. The van der Waals surface area contributed by atoms with Gasteiger partial charge in [0.15, 0.2) is 5.76 Å². The smallest absolute Gasteiger partial charge is 0.232 e. The highest BCUT2D eigenvalue weighted by Gasteiger charge is 2.30. The van der Waals surface area contributed by atoms with Crippen molar-refractivity contribution in [1.82, 2.24) is 0 Å². The number of fused-ring (bicyclic) bond motifs is 1. The molecule has 2 heterocycles. The first kappa shape index (κ1) is 17.2. The standard InChI is InChI=1S/C23H20O4/c1-14-6-4-5-7-17(14)13-25-19-10-15(2)22-20(12-19)27-21(23(22)24)11-18-9-8-16(3)26-18/h4-12H,13H2,1-3H3/b21-11-. The third-order valence-corrected chi connectivity index (χ3v) is 4.63. The Balaban J connectivity index is 1.58. The molecular weight excluding hydrogens is 340 g/mol. The van der Waals surface area contributed by atoms with Crippen LogP contribution in [-0.2, 0) is 6.61 Å². The van der Waals surface area contributed by atoms with E-state index in [1.807, 2.05) is 50.2 Å². The molecule has 0 N–H and O–H groups in total. The second kappa shape index (κ2) is 6.80. The molecule has 27 heavy (non-hydrogen) atoms. The van der Waals surface area contributed by atoms with Crippen molar-refractivity contribution in [1.29, 1.82) is 0 Å². The van der Waals surface area contributed by atoms with Crippen molar-refractivity contribution in [2.45, 2.75) is 27.4 Å². The number of carbonyl (C=O) groups excluding carboxylic acids is 1. The highest BCUT2D eigenvalue weighted by molar-refractivity contribution is 6.15. The van der Waals surface area contributed by atoms with E-state index in [1.54, 1.807) is 12.1 Å². The van der Waals surface area contributed by atoms with Gasteiger partial charge in [0.1, 0.15) is 29.6 Å². The fraction of sp³-hybridized carbons (Fsp3) is 0.174. The van der Waals surface area contributed by atoms with E-state index in [0.29, 0.717) is 29.4 Å². The van der Waals surface area contributed by atoms with Gasteiger partial charge in [-0.1, -0.05) is 24.3 Å². The van der Waals surface area contributed by atoms with Crippen molar-refractivity contribution in [2.24, 2.45) is 0 Å². The number of aryl methyl sites for hydroxylation is 3. The lowest BCUT2D eigenvalue weighted by Gasteiger charge is -2.10. The van der Waals surface area contributed by atoms with Gasteiger partial charge in [-0.05, 0) is 55.7 Å². The fourth-order valence-electron chi connectivity index (χ4n) is 3.15. The molecule has 0 spiro atoms. The first-order chi connectivity index (χ1) is 13.0. The zero-order valence-corrected chi connectivity index (χ0v) is 15.5. The maximum atomic E-state index is 12.7. The minimum atomic E-state index is -0.137. The molecule has 1 aliphatic heterocycles. The maximum Gasteiger partial charge on any atom is 0.232 e. The summed E-state index contributed by atoms with van der Waals surface area (Å²) in [5, 5.41) is 0. The Kier molecular flexibility index (Phi) is 4.32. The van der Waals surface area contributed by atoms with Gasteiger partial charge in [-0.25, -0.2) is 0 Å². The van der Waals surface area contributed by atoms with E-state index >= 15 is 0 Å². The lowest BCUT2D eigenvalue weighted by molar-refractivity contribution is 0.101. The molecule has 0 atom stereocenters. The highest BCUT2D eigenvalue weighted by atomic mass is 16.5. The van der Waals surface area contributed by atoms with E-state index in [0.717, 1.165) is 16.9 Å². The third-order valence-electron chi connectivity index (χ3n) is 4.63. The largest absolute Gasteiger partial charge is 0.489 e. The van der Waals surface area contributed by atoms with Gasteiger partial charge in [0, 0.05) is 12.1 Å². The lowest BCUT2D eigenvalue weighted by atomic mass is 10.0. The Hall–Kier alpha value is -3.27. The van der Waals surface area contributed by atoms with Gasteiger partial charge in [0.25, 0.3) is 0 Å². The van der Waals surface area contributed by atoms with Crippen LogP contribution in [0.1, 0.15) is 38.6 Å². The van der Waals surface area contributed by atoms with Crippen LogP contribution in [0, 0.1) is 20.8 Å². The van der Waals surface area contributed by atoms with Crippen LogP contribution < -0.4 is 9.47 Å². The number of carbonyl (C=O) groups is 1. The molecular formula is C23H20O4. The summed E-state index contributed by atoms with van der Waals surface area (Å²) >= 11 is 0. The molecule has 4 nitrogen and oxygen atoms in total. The molecule has 2 aromatic carbocycles. The summed E-state index contributed by atoms with van der Waals surface area (Å²) < 4.78 is 17.3. The van der Waals surface area contributed by atoms with Crippen LogP contribution in [0.2, 0.25) is 0 Å². The first-order valence-electron chi connectivity index (χ1n) is 8.84. The van der Waals surface area contributed by atoms with Crippen molar-refractivity contribution < 1.29 is 18.7 Å². The van der Waals surface area contributed by atoms with Crippen LogP contribution in [0.4, 0.5) is 0 Å². The monoisotopic (exact) mass is 360 g/mol. The van der Waals surface area contributed by atoms with E-state index < -0.39 is 0 Å². The van der Waals surface area contributed by atoms with Crippen LogP contribution in [0.15, 0.2) is 58.7 Å². The van der Waals surface area contributed by atoms with E-state index in [9.17, 15) is 4.79 Å². The average Bonchev–Trinajstić information content (AvgIpc) is 3.18. The summed E-state index contributed by atoms with van der Waals surface area (Å²) in [5.41, 5.74) is 3.71. The van der Waals surface area contributed by atoms with Crippen LogP contribution >= 0.6 is 0 Å². The predicted octanol–water partition coefficient (Wildman–Crippen LogP) is 5.40.